The number of rotatable bonds is 4. The van der Waals surface area contributed by atoms with Crippen LogP contribution in [0.15, 0.2) is 53.3 Å². The van der Waals surface area contributed by atoms with Crippen molar-refractivity contribution in [1.82, 2.24) is 15.5 Å². The van der Waals surface area contributed by atoms with Gasteiger partial charge in [-0.3, -0.25) is 9.59 Å². The third kappa shape index (κ3) is 3.98. The second-order valence-electron chi connectivity index (χ2n) is 8.51. The quantitative estimate of drug-likeness (QED) is 0.710. The third-order valence-electron chi connectivity index (χ3n) is 5.00. The van der Waals surface area contributed by atoms with E-state index in [4.69, 9.17) is 0 Å². The fourth-order valence-electron chi connectivity index (χ4n) is 3.32. The first kappa shape index (κ1) is 19.8. The number of hydrogen-bond acceptors (Lipinski definition) is 3. The summed E-state index contributed by atoms with van der Waals surface area (Å²) in [5.41, 5.74) is 2.30. The van der Waals surface area contributed by atoms with Crippen LogP contribution in [0.5, 0.6) is 0 Å². The molecule has 0 radical (unpaired) electrons. The molecule has 0 unspecified atom stereocenters. The van der Waals surface area contributed by atoms with E-state index < -0.39 is 0 Å². The first-order valence-electron chi connectivity index (χ1n) is 9.57. The van der Waals surface area contributed by atoms with E-state index in [-0.39, 0.29) is 34.5 Å². The molecule has 0 spiro atoms. The average molecular weight is 377 g/mol. The van der Waals surface area contributed by atoms with Crippen LogP contribution in [0.2, 0.25) is 0 Å². The molecule has 0 fully saturated rings. The van der Waals surface area contributed by atoms with Gasteiger partial charge in [-0.2, -0.15) is 5.10 Å². The highest BCUT2D eigenvalue weighted by atomic mass is 16.2. The van der Waals surface area contributed by atoms with E-state index in [1.165, 1.54) is 5.56 Å². The number of hydrogen-bond donors (Lipinski definition) is 2. The zero-order valence-electron chi connectivity index (χ0n) is 17.0. The zero-order valence-corrected chi connectivity index (χ0v) is 17.0. The Morgan fingerprint density at radius 1 is 1.00 bits per heavy atom. The van der Waals surface area contributed by atoms with Gasteiger partial charge in [0.1, 0.15) is 0 Å². The second-order valence-corrected chi connectivity index (χ2v) is 8.51. The number of aromatic amines is 1. The highest BCUT2D eigenvalue weighted by molar-refractivity contribution is 6.04. The van der Waals surface area contributed by atoms with Gasteiger partial charge in [-0.15, -0.1) is 0 Å². The van der Waals surface area contributed by atoms with Gasteiger partial charge in [0.2, 0.25) is 0 Å². The van der Waals surface area contributed by atoms with Gasteiger partial charge in [-0.25, -0.2) is 5.10 Å². The molecule has 28 heavy (non-hydrogen) atoms. The van der Waals surface area contributed by atoms with Crippen LogP contribution in [0.25, 0.3) is 10.8 Å². The summed E-state index contributed by atoms with van der Waals surface area (Å²) in [6.45, 7) is 10.7. The lowest BCUT2D eigenvalue weighted by Crippen LogP contribution is -2.33. The lowest BCUT2D eigenvalue weighted by Gasteiger charge is -2.25. The summed E-state index contributed by atoms with van der Waals surface area (Å²) in [6, 6.07) is 15.2. The first-order chi connectivity index (χ1) is 13.2. The SMILES string of the molecule is CC(C)[C@@H](NC(=O)c1n[nH]c(=O)c2ccccc12)c1ccc(C(C)(C)C)cc1. The molecule has 0 aliphatic heterocycles. The molecular formula is C23H27N3O2. The Balaban J connectivity index is 1.93. The Kier molecular flexibility index (Phi) is 5.36. The molecule has 5 nitrogen and oxygen atoms in total. The maximum absolute atomic E-state index is 13.0. The predicted molar refractivity (Wildman–Crippen MR) is 113 cm³/mol. The molecule has 3 aromatic rings. The largest absolute Gasteiger partial charge is 0.344 e. The topological polar surface area (TPSA) is 74.8 Å². The van der Waals surface area contributed by atoms with Crippen molar-refractivity contribution in [3.05, 3.63) is 75.7 Å². The van der Waals surface area contributed by atoms with Crippen LogP contribution in [0.3, 0.4) is 0 Å². The molecule has 0 aliphatic rings. The molecule has 5 heteroatoms. The lowest BCUT2D eigenvalue weighted by molar-refractivity contribution is 0.0921. The van der Waals surface area contributed by atoms with Gasteiger partial charge in [-0.1, -0.05) is 77.1 Å². The molecular weight excluding hydrogens is 350 g/mol. The molecule has 0 bridgehead atoms. The molecule has 146 valence electrons. The van der Waals surface area contributed by atoms with Crippen molar-refractivity contribution in [2.24, 2.45) is 5.92 Å². The zero-order chi connectivity index (χ0) is 20.5. The minimum Gasteiger partial charge on any atom is -0.344 e. The van der Waals surface area contributed by atoms with Crippen LogP contribution < -0.4 is 10.9 Å². The average Bonchev–Trinajstić information content (AvgIpc) is 2.65. The molecule has 2 aromatic carbocycles. The van der Waals surface area contributed by atoms with Crippen molar-refractivity contribution in [2.45, 2.75) is 46.1 Å². The maximum Gasteiger partial charge on any atom is 0.272 e. The van der Waals surface area contributed by atoms with Crippen LogP contribution >= 0.6 is 0 Å². The minimum atomic E-state index is -0.301. The molecule has 0 saturated heterocycles. The Bertz CT molecular complexity index is 1040. The summed E-state index contributed by atoms with van der Waals surface area (Å²) in [7, 11) is 0. The molecule has 3 rings (SSSR count). The van der Waals surface area contributed by atoms with E-state index in [0.717, 1.165) is 5.56 Å². The Hall–Kier alpha value is -2.95. The predicted octanol–water partition coefficient (Wildman–Crippen LogP) is 4.35. The van der Waals surface area contributed by atoms with Crippen LogP contribution in [-0.4, -0.2) is 16.1 Å². The van der Waals surface area contributed by atoms with Gasteiger partial charge in [0.25, 0.3) is 11.5 Å². The summed E-state index contributed by atoms with van der Waals surface area (Å²) in [6.07, 6.45) is 0. The van der Waals surface area contributed by atoms with Crippen molar-refractivity contribution in [2.75, 3.05) is 0 Å². The van der Waals surface area contributed by atoms with Crippen LogP contribution in [-0.2, 0) is 5.41 Å². The summed E-state index contributed by atoms with van der Waals surface area (Å²) in [5, 5.41) is 10.5. The molecule has 2 N–H and O–H groups in total. The highest BCUT2D eigenvalue weighted by Crippen LogP contribution is 2.27. The standard InChI is InChI=1S/C23H27N3O2/c1-14(2)19(15-10-12-16(13-11-15)23(3,4)5)24-22(28)20-17-8-6-7-9-18(17)21(27)26-25-20/h6-14,19H,1-5H3,(H,24,28)(H,26,27)/t19-/m1/s1. The first-order valence-corrected chi connectivity index (χ1v) is 9.57. The minimum absolute atomic E-state index is 0.0772. The molecule has 1 amide bonds. The normalized spacial score (nSPS) is 12.9. The van der Waals surface area contributed by atoms with E-state index in [2.05, 4.69) is 74.4 Å². The number of amides is 1. The number of H-pyrrole nitrogens is 1. The number of benzene rings is 2. The third-order valence-corrected chi connectivity index (χ3v) is 5.00. The van der Waals surface area contributed by atoms with Crippen LogP contribution in [0, 0.1) is 5.92 Å². The summed E-state index contributed by atoms with van der Waals surface area (Å²) in [5.74, 6) is -0.107. The highest BCUT2D eigenvalue weighted by Gasteiger charge is 2.22. The Morgan fingerprint density at radius 2 is 1.61 bits per heavy atom. The van der Waals surface area contributed by atoms with Crippen molar-refractivity contribution >= 4 is 16.7 Å². The van der Waals surface area contributed by atoms with E-state index in [0.29, 0.717) is 10.8 Å². The summed E-state index contributed by atoms with van der Waals surface area (Å²) < 4.78 is 0. The maximum atomic E-state index is 13.0. The smallest absolute Gasteiger partial charge is 0.272 e. The van der Waals surface area contributed by atoms with Crippen molar-refractivity contribution in [3.8, 4) is 0 Å². The molecule has 1 heterocycles. The van der Waals surface area contributed by atoms with Crippen molar-refractivity contribution in [1.29, 1.82) is 0 Å². The van der Waals surface area contributed by atoms with Crippen molar-refractivity contribution in [3.63, 3.8) is 0 Å². The van der Waals surface area contributed by atoms with Gasteiger partial charge in [0, 0.05) is 5.39 Å². The molecule has 1 atom stereocenters. The molecule has 1 aromatic heterocycles. The number of carbonyl (C=O) groups is 1. The van der Waals surface area contributed by atoms with E-state index in [9.17, 15) is 9.59 Å². The van der Waals surface area contributed by atoms with Crippen LogP contribution in [0.4, 0.5) is 0 Å². The second kappa shape index (κ2) is 7.58. The number of fused-ring (bicyclic) bond motifs is 1. The lowest BCUT2D eigenvalue weighted by atomic mass is 9.85. The molecule has 0 saturated carbocycles. The van der Waals surface area contributed by atoms with Gasteiger partial charge in [0.15, 0.2) is 5.69 Å². The molecule has 0 aliphatic carbocycles. The Morgan fingerprint density at radius 3 is 2.18 bits per heavy atom. The number of nitrogens with one attached hydrogen (secondary N) is 2. The van der Waals surface area contributed by atoms with Gasteiger partial charge < -0.3 is 5.32 Å². The Labute approximate surface area is 165 Å². The summed E-state index contributed by atoms with van der Waals surface area (Å²) >= 11 is 0. The fraction of sp³-hybridized carbons (Fsp3) is 0.348. The van der Waals surface area contributed by atoms with Gasteiger partial charge in [-0.05, 0) is 28.5 Å². The van der Waals surface area contributed by atoms with Gasteiger partial charge >= 0.3 is 0 Å². The van der Waals surface area contributed by atoms with Crippen molar-refractivity contribution < 1.29 is 4.79 Å². The summed E-state index contributed by atoms with van der Waals surface area (Å²) in [4.78, 5) is 25.0. The fourth-order valence-corrected chi connectivity index (χ4v) is 3.32. The van der Waals surface area contributed by atoms with E-state index in [1.54, 1.807) is 24.3 Å². The monoisotopic (exact) mass is 377 g/mol. The van der Waals surface area contributed by atoms with Gasteiger partial charge in [0.05, 0.1) is 11.4 Å². The number of nitrogens with zero attached hydrogens (tertiary/aromatic N) is 1. The number of aromatic nitrogens is 2. The van der Waals surface area contributed by atoms with E-state index in [1.807, 2.05) is 0 Å². The van der Waals surface area contributed by atoms with E-state index >= 15 is 0 Å². The van der Waals surface area contributed by atoms with Crippen LogP contribution in [0.1, 0.15) is 62.3 Å². The number of carbonyl (C=O) groups excluding carboxylic acids is 1.